The maximum atomic E-state index is 13.0. The number of hydrogen-bond acceptors (Lipinski definition) is 11. The van der Waals surface area contributed by atoms with Crippen LogP contribution in [-0.2, 0) is 9.59 Å². The lowest BCUT2D eigenvalue weighted by molar-refractivity contribution is -0.140. The first-order valence-corrected chi connectivity index (χ1v) is 13.9. The van der Waals surface area contributed by atoms with E-state index in [0.29, 0.717) is 6.42 Å². The zero-order valence-electron chi connectivity index (χ0n) is 25.3. The molecule has 0 saturated carbocycles. The Bertz CT molecular complexity index is 1330. The molecule has 0 saturated heterocycles. The molecule has 2 rings (SSSR count). The summed E-state index contributed by atoms with van der Waals surface area (Å²) in [6, 6.07) is -3.35. The second kappa shape index (κ2) is 18.4. The number of carboxylic acid groups (broad SMARTS) is 1. The summed E-state index contributed by atoms with van der Waals surface area (Å²) in [5.41, 5.74) is 4.70. The average molecular weight is 657 g/mol. The number of nitrogens with zero attached hydrogens (tertiary/aromatic N) is 2. The van der Waals surface area contributed by atoms with Crippen molar-refractivity contribution in [3.05, 3.63) is 35.4 Å². The molecule has 2 aromatic rings. The number of halogens is 1. The van der Waals surface area contributed by atoms with Crippen molar-refractivity contribution in [1.82, 2.24) is 46.5 Å². The number of amides is 4. The first-order valence-electron chi connectivity index (χ1n) is 13.9. The van der Waals surface area contributed by atoms with E-state index in [-0.39, 0.29) is 72.6 Å². The Morgan fingerprint density at radius 2 is 1.38 bits per heavy atom. The van der Waals surface area contributed by atoms with Gasteiger partial charge in [-0.2, -0.15) is 0 Å². The van der Waals surface area contributed by atoms with Crippen LogP contribution in [-0.4, -0.2) is 116 Å². The molecule has 250 valence electrons. The van der Waals surface area contributed by atoms with E-state index in [0.717, 1.165) is 6.33 Å². The van der Waals surface area contributed by atoms with Gasteiger partial charge in [0.25, 0.3) is 23.6 Å². The lowest BCUT2D eigenvalue weighted by atomic mass is 10.0. The van der Waals surface area contributed by atoms with Crippen molar-refractivity contribution in [2.75, 3.05) is 26.2 Å². The van der Waals surface area contributed by atoms with Gasteiger partial charge >= 0.3 is 5.97 Å². The molecule has 0 bridgehead atoms. The molecule has 0 unspecified atom stereocenters. The van der Waals surface area contributed by atoms with E-state index >= 15 is 0 Å². The number of aromatic amines is 2. The van der Waals surface area contributed by atoms with Crippen LogP contribution in [0.25, 0.3) is 0 Å². The molecule has 2 aromatic heterocycles. The topological polar surface area (TPSA) is 286 Å². The summed E-state index contributed by atoms with van der Waals surface area (Å²) in [5.74, 6) is -4.65. The summed E-state index contributed by atoms with van der Waals surface area (Å²) in [4.78, 5) is 87.3. The number of rotatable bonds is 18. The first kappa shape index (κ1) is 38.6. The van der Waals surface area contributed by atoms with Gasteiger partial charge in [0, 0.05) is 25.2 Å². The van der Waals surface area contributed by atoms with Gasteiger partial charge in [-0.3, -0.25) is 24.0 Å². The second-order valence-electron chi connectivity index (χ2n) is 10.5. The number of Topliss-reactive ketones (excluding diaryl/α,β-unsaturated/α-hetero) is 1. The van der Waals surface area contributed by atoms with Gasteiger partial charge in [-0.1, -0.05) is 13.8 Å². The maximum Gasteiger partial charge on any atom is 0.328 e. The minimum absolute atomic E-state index is 0. The standard InChI is InChI=1S/C26H40N10O8.ClH/c1-12(2)5-15(35-24(41)20-21(32-11-31-20)25(42)36-16(9-37)26(43)44)7-28-8-17(38)14(4)34-23(40)19-18(29-10-30-19)22(39)33-13(3)6-27;/h10-16,28,37H,5-9,27H2,1-4H3,(H,29,30)(H,31,32)(H,33,39)(H,34,40)(H,35,41)(H,36,42)(H,43,44);1H/t13-,14-,15-,16-;/m0./s1. The summed E-state index contributed by atoms with van der Waals surface area (Å²) in [5, 5.41) is 31.2. The SMILES string of the molecule is CC(C)C[C@@H](CNCC(=O)[C@H](C)NC(=O)c1[nH]cnc1C(=O)N[C@@H](C)CN)NC(=O)c1nc[nH]c1C(=O)N[C@@H](CO)C(=O)O.Cl. The molecule has 18 nitrogen and oxygen atoms in total. The molecule has 19 heteroatoms. The predicted molar refractivity (Wildman–Crippen MR) is 162 cm³/mol. The van der Waals surface area contributed by atoms with Gasteiger partial charge in [-0.15, -0.1) is 12.4 Å². The Balaban J connectivity index is 0.0000101. The number of nitrogens with two attached hydrogens (primary N) is 1. The third kappa shape index (κ3) is 11.6. The van der Waals surface area contributed by atoms with E-state index < -0.39 is 54.3 Å². The summed E-state index contributed by atoms with van der Waals surface area (Å²) in [6.45, 7) is 6.37. The first-order chi connectivity index (χ1) is 20.8. The molecular formula is C26H41ClN10O8. The van der Waals surface area contributed by atoms with E-state index in [2.05, 4.69) is 46.5 Å². The largest absolute Gasteiger partial charge is 0.480 e. The maximum absolute atomic E-state index is 13.0. The van der Waals surface area contributed by atoms with Crippen molar-refractivity contribution in [3.8, 4) is 0 Å². The van der Waals surface area contributed by atoms with Crippen LogP contribution < -0.4 is 32.3 Å². The molecule has 4 atom stereocenters. The number of aliphatic hydroxyl groups is 1. The lowest BCUT2D eigenvalue weighted by Crippen LogP contribution is -2.47. The van der Waals surface area contributed by atoms with Crippen LogP contribution in [0, 0.1) is 5.92 Å². The van der Waals surface area contributed by atoms with Crippen molar-refractivity contribution >= 4 is 47.8 Å². The van der Waals surface area contributed by atoms with Crippen LogP contribution in [0.5, 0.6) is 0 Å². The van der Waals surface area contributed by atoms with E-state index in [1.807, 2.05) is 13.8 Å². The van der Waals surface area contributed by atoms with Gasteiger partial charge in [0.05, 0.1) is 31.8 Å². The Labute approximate surface area is 264 Å². The minimum Gasteiger partial charge on any atom is -0.480 e. The van der Waals surface area contributed by atoms with Crippen molar-refractivity contribution in [1.29, 1.82) is 0 Å². The number of aliphatic hydroxyl groups excluding tert-OH is 1. The van der Waals surface area contributed by atoms with Crippen LogP contribution in [0.2, 0.25) is 0 Å². The summed E-state index contributed by atoms with van der Waals surface area (Å²) >= 11 is 0. The lowest BCUT2D eigenvalue weighted by Gasteiger charge is -2.21. The minimum atomic E-state index is -1.57. The monoisotopic (exact) mass is 656 g/mol. The third-order valence-electron chi connectivity index (χ3n) is 6.29. The smallest absolute Gasteiger partial charge is 0.328 e. The fourth-order valence-electron chi connectivity index (χ4n) is 3.93. The molecule has 4 amide bonds. The number of nitrogens with one attached hydrogen (secondary N) is 7. The van der Waals surface area contributed by atoms with Gasteiger partial charge in [0.2, 0.25) is 0 Å². The number of H-pyrrole nitrogens is 2. The van der Waals surface area contributed by atoms with Gasteiger partial charge in [-0.25, -0.2) is 14.8 Å². The molecule has 0 fully saturated rings. The number of carboxylic acids is 1. The zero-order valence-corrected chi connectivity index (χ0v) is 26.1. The quantitative estimate of drug-likeness (QED) is 0.0828. The number of carbonyl (C=O) groups is 6. The molecule has 0 aromatic carbocycles. The third-order valence-corrected chi connectivity index (χ3v) is 6.29. The fourth-order valence-corrected chi connectivity index (χ4v) is 3.93. The Kier molecular flexibility index (Phi) is 15.8. The number of aromatic nitrogens is 4. The number of aliphatic carboxylic acids is 1. The Hall–Kier alpha value is -4.39. The highest BCUT2D eigenvalue weighted by molar-refractivity contribution is 6.06. The van der Waals surface area contributed by atoms with Crippen LogP contribution in [0.4, 0.5) is 0 Å². The van der Waals surface area contributed by atoms with E-state index in [9.17, 15) is 28.8 Å². The number of imidazole rings is 2. The van der Waals surface area contributed by atoms with Crippen LogP contribution in [0.3, 0.4) is 0 Å². The molecule has 11 N–H and O–H groups in total. The van der Waals surface area contributed by atoms with Crippen molar-refractivity contribution < 1.29 is 39.0 Å². The highest BCUT2D eigenvalue weighted by Gasteiger charge is 2.27. The Morgan fingerprint density at radius 3 is 1.87 bits per heavy atom. The van der Waals surface area contributed by atoms with Crippen LogP contribution in [0.1, 0.15) is 76.1 Å². The Morgan fingerprint density at radius 1 is 0.844 bits per heavy atom. The van der Waals surface area contributed by atoms with Crippen LogP contribution in [0.15, 0.2) is 12.7 Å². The molecule has 0 radical (unpaired) electrons. The van der Waals surface area contributed by atoms with E-state index in [1.165, 1.54) is 13.3 Å². The van der Waals surface area contributed by atoms with Crippen LogP contribution >= 0.6 is 12.4 Å². The summed E-state index contributed by atoms with van der Waals surface area (Å²) in [7, 11) is 0. The average Bonchev–Trinajstić information content (AvgIpc) is 3.65. The second-order valence-corrected chi connectivity index (χ2v) is 10.5. The van der Waals surface area contributed by atoms with Crippen molar-refractivity contribution in [2.45, 2.75) is 58.3 Å². The summed E-state index contributed by atoms with van der Waals surface area (Å²) < 4.78 is 0. The number of carbonyl (C=O) groups excluding carboxylic acids is 5. The normalized spacial score (nSPS) is 13.5. The molecule has 2 heterocycles. The summed E-state index contributed by atoms with van der Waals surface area (Å²) in [6.07, 6.45) is 2.78. The fraction of sp³-hybridized carbons (Fsp3) is 0.538. The van der Waals surface area contributed by atoms with E-state index in [4.69, 9.17) is 15.9 Å². The molecule has 0 aliphatic rings. The van der Waals surface area contributed by atoms with Crippen molar-refractivity contribution in [2.24, 2.45) is 11.7 Å². The number of hydrogen-bond donors (Lipinski definition) is 10. The van der Waals surface area contributed by atoms with Gasteiger partial charge in [0.15, 0.2) is 23.2 Å². The van der Waals surface area contributed by atoms with Gasteiger partial charge in [-0.05, 0) is 26.2 Å². The molecule has 45 heavy (non-hydrogen) atoms. The van der Waals surface area contributed by atoms with E-state index in [1.54, 1.807) is 6.92 Å². The number of ketones is 1. The molecular weight excluding hydrogens is 616 g/mol. The van der Waals surface area contributed by atoms with Gasteiger partial charge < -0.3 is 52.5 Å². The zero-order chi connectivity index (χ0) is 33.0. The van der Waals surface area contributed by atoms with Crippen molar-refractivity contribution in [3.63, 3.8) is 0 Å². The molecule has 0 aliphatic carbocycles. The highest BCUT2D eigenvalue weighted by Crippen LogP contribution is 2.09. The predicted octanol–water partition coefficient (Wildman–Crippen LogP) is -2.07. The molecule has 0 spiro atoms. The molecule has 0 aliphatic heterocycles. The highest BCUT2D eigenvalue weighted by atomic mass is 35.5. The van der Waals surface area contributed by atoms with Gasteiger partial charge in [0.1, 0.15) is 11.4 Å².